The van der Waals surface area contributed by atoms with Crippen LogP contribution in [-0.4, -0.2) is 31.8 Å². The van der Waals surface area contributed by atoms with Crippen molar-refractivity contribution in [3.05, 3.63) is 22.7 Å². The van der Waals surface area contributed by atoms with Crippen molar-refractivity contribution in [1.82, 2.24) is 0 Å². The third-order valence-electron chi connectivity index (χ3n) is 3.38. The number of hydrogen-bond donors (Lipinski definition) is 2. The van der Waals surface area contributed by atoms with Gasteiger partial charge in [-0.3, -0.25) is 0 Å². The van der Waals surface area contributed by atoms with E-state index in [1.165, 1.54) is 7.11 Å². The molecule has 0 bridgehead atoms. The molecule has 18 heavy (non-hydrogen) atoms. The van der Waals surface area contributed by atoms with Crippen LogP contribution in [0.1, 0.15) is 12.0 Å². The van der Waals surface area contributed by atoms with Gasteiger partial charge in [-0.2, -0.15) is 0 Å². The molecule has 0 saturated heterocycles. The fraction of sp³-hybridized carbons (Fsp3) is 0.417. The fourth-order valence-electron chi connectivity index (χ4n) is 2.25. The smallest absolute Gasteiger partial charge is 0.328 e. The Bertz CT molecular complexity index is 506. The summed E-state index contributed by atoms with van der Waals surface area (Å²) in [6.45, 7) is 0.568. The first kappa shape index (κ1) is 13.0. The van der Waals surface area contributed by atoms with Gasteiger partial charge in [-0.15, -0.1) is 0 Å². The molecule has 98 valence electrons. The SMILES string of the molecule is COc1ccc2c(c1Cl)C(N)(C(=O)O)CCN2C. The zero-order chi connectivity index (χ0) is 13.5. The first-order valence-corrected chi connectivity index (χ1v) is 5.90. The van der Waals surface area contributed by atoms with Crippen LogP contribution in [-0.2, 0) is 10.3 Å². The predicted molar refractivity (Wildman–Crippen MR) is 69.4 cm³/mol. The van der Waals surface area contributed by atoms with Gasteiger partial charge in [0.1, 0.15) is 11.3 Å². The number of nitrogens with zero attached hydrogens (tertiary/aromatic N) is 1. The quantitative estimate of drug-likeness (QED) is 0.850. The van der Waals surface area contributed by atoms with Crippen LogP contribution in [0, 0.1) is 0 Å². The number of hydrogen-bond acceptors (Lipinski definition) is 4. The summed E-state index contributed by atoms with van der Waals surface area (Å²) in [7, 11) is 3.36. The number of carboxylic acid groups (broad SMARTS) is 1. The van der Waals surface area contributed by atoms with Gasteiger partial charge in [0.2, 0.25) is 0 Å². The maximum Gasteiger partial charge on any atom is 0.328 e. The number of nitrogens with two attached hydrogens (primary N) is 1. The summed E-state index contributed by atoms with van der Waals surface area (Å²) in [5.74, 6) is -0.645. The van der Waals surface area contributed by atoms with E-state index in [4.69, 9.17) is 22.1 Å². The van der Waals surface area contributed by atoms with Gasteiger partial charge in [-0.1, -0.05) is 11.6 Å². The Labute approximate surface area is 110 Å². The van der Waals surface area contributed by atoms with Crippen molar-refractivity contribution in [3.8, 4) is 5.75 Å². The zero-order valence-electron chi connectivity index (χ0n) is 10.2. The van der Waals surface area contributed by atoms with Crippen LogP contribution in [0.15, 0.2) is 12.1 Å². The number of anilines is 1. The molecule has 1 aliphatic rings. The number of ether oxygens (including phenoxy) is 1. The van der Waals surface area contributed by atoms with Crippen LogP contribution < -0.4 is 15.4 Å². The molecule has 0 saturated carbocycles. The summed E-state index contributed by atoms with van der Waals surface area (Å²) in [5, 5.41) is 9.65. The number of benzene rings is 1. The molecule has 0 aromatic heterocycles. The van der Waals surface area contributed by atoms with Gasteiger partial charge in [0.15, 0.2) is 0 Å². The Morgan fingerprint density at radius 2 is 2.28 bits per heavy atom. The fourth-order valence-corrected chi connectivity index (χ4v) is 2.66. The molecule has 0 fully saturated rings. The van der Waals surface area contributed by atoms with E-state index in [-0.39, 0.29) is 5.02 Å². The second kappa shape index (κ2) is 4.33. The van der Waals surface area contributed by atoms with Crippen LogP contribution in [0.3, 0.4) is 0 Å². The van der Waals surface area contributed by atoms with Crippen LogP contribution >= 0.6 is 11.6 Å². The molecule has 6 heteroatoms. The van der Waals surface area contributed by atoms with Crippen molar-refractivity contribution >= 4 is 23.3 Å². The summed E-state index contributed by atoms with van der Waals surface area (Å²) in [4.78, 5) is 13.4. The van der Waals surface area contributed by atoms with Crippen LogP contribution in [0.25, 0.3) is 0 Å². The molecule has 0 spiro atoms. The van der Waals surface area contributed by atoms with Crippen LogP contribution in [0.4, 0.5) is 5.69 Å². The summed E-state index contributed by atoms with van der Waals surface area (Å²) >= 11 is 6.23. The maximum absolute atomic E-state index is 11.5. The van der Waals surface area contributed by atoms with Crippen molar-refractivity contribution in [2.75, 3.05) is 25.6 Å². The van der Waals surface area contributed by atoms with E-state index >= 15 is 0 Å². The normalized spacial score (nSPS) is 22.6. The first-order chi connectivity index (χ1) is 8.41. The van der Waals surface area contributed by atoms with E-state index in [0.29, 0.717) is 24.3 Å². The molecule has 0 amide bonds. The molecule has 3 N–H and O–H groups in total. The minimum Gasteiger partial charge on any atom is -0.495 e. The van der Waals surface area contributed by atoms with E-state index in [1.807, 2.05) is 11.9 Å². The molecule has 2 rings (SSSR count). The van der Waals surface area contributed by atoms with Gasteiger partial charge in [-0.25, -0.2) is 4.79 Å². The average Bonchev–Trinajstić information content (AvgIpc) is 2.34. The van der Waals surface area contributed by atoms with Gasteiger partial charge in [0.25, 0.3) is 0 Å². The lowest BCUT2D eigenvalue weighted by molar-refractivity contribution is -0.144. The minimum absolute atomic E-state index is 0.270. The number of halogens is 1. The third kappa shape index (κ3) is 1.71. The lowest BCUT2D eigenvalue weighted by Crippen LogP contribution is -2.51. The Kier molecular flexibility index (Phi) is 3.12. The van der Waals surface area contributed by atoms with Gasteiger partial charge in [0.05, 0.1) is 12.1 Å². The van der Waals surface area contributed by atoms with Crippen molar-refractivity contribution in [1.29, 1.82) is 0 Å². The molecule has 1 atom stereocenters. The largest absolute Gasteiger partial charge is 0.495 e. The van der Waals surface area contributed by atoms with Gasteiger partial charge in [0, 0.05) is 24.8 Å². The number of carboxylic acids is 1. The lowest BCUT2D eigenvalue weighted by Gasteiger charge is -2.38. The van der Waals surface area contributed by atoms with E-state index in [2.05, 4.69) is 0 Å². The molecule has 1 heterocycles. The Balaban J connectivity index is 2.72. The summed E-state index contributed by atoms with van der Waals surface area (Å²) in [6.07, 6.45) is 0.304. The van der Waals surface area contributed by atoms with E-state index in [1.54, 1.807) is 12.1 Å². The molecular weight excluding hydrogens is 256 g/mol. The van der Waals surface area contributed by atoms with Crippen molar-refractivity contribution in [3.63, 3.8) is 0 Å². The van der Waals surface area contributed by atoms with Gasteiger partial charge >= 0.3 is 5.97 Å². The van der Waals surface area contributed by atoms with Gasteiger partial charge < -0.3 is 20.5 Å². The van der Waals surface area contributed by atoms with Crippen LogP contribution in [0.5, 0.6) is 5.75 Å². The maximum atomic E-state index is 11.5. The lowest BCUT2D eigenvalue weighted by atomic mass is 9.83. The molecule has 0 aliphatic carbocycles. The van der Waals surface area contributed by atoms with Crippen molar-refractivity contribution in [2.24, 2.45) is 5.73 Å². The molecule has 1 aliphatic heterocycles. The second-order valence-electron chi connectivity index (χ2n) is 4.42. The Morgan fingerprint density at radius 3 is 2.83 bits per heavy atom. The number of fused-ring (bicyclic) bond motifs is 1. The summed E-state index contributed by atoms with van der Waals surface area (Å²) in [6, 6.07) is 3.50. The average molecular weight is 271 g/mol. The molecule has 0 radical (unpaired) electrons. The Morgan fingerprint density at radius 1 is 1.61 bits per heavy atom. The van der Waals surface area contributed by atoms with Crippen LogP contribution in [0.2, 0.25) is 5.02 Å². The Hall–Kier alpha value is -1.46. The highest BCUT2D eigenvalue weighted by atomic mass is 35.5. The topological polar surface area (TPSA) is 75.8 Å². The third-order valence-corrected chi connectivity index (χ3v) is 3.76. The molecule has 1 aromatic rings. The summed E-state index contributed by atoms with van der Waals surface area (Å²) in [5.41, 5.74) is 5.72. The van der Waals surface area contributed by atoms with Crippen molar-refractivity contribution < 1.29 is 14.6 Å². The van der Waals surface area contributed by atoms with E-state index in [9.17, 15) is 9.90 Å². The van der Waals surface area contributed by atoms with Crippen molar-refractivity contribution in [2.45, 2.75) is 12.0 Å². The number of methoxy groups -OCH3 is 1. The standard InChI is InChI=1S/C12H15ClN2O3/c1-15-6-5-12(14,11(16)17)9-7(15)3-4-8(18-2)10(9)13/h3-4H,5-6,14H2,1-2H3,(H,16,17). The molecule has 5 nitrogen and oxygen atoms in total. The van der Waals surface area contributed by atoms with E-state index in [0.717, 1.165) is 5.69 Å². The highest BCUT2D eigenvalue weighted by Crippen LogP contribution is 2.44. The summed E-state index contributed by atoms with van der Waals surface area (Å²) < 4.78 is 5.12. The second-order valence-corrected chi connectivity index (χ2v) is 4.80. The number of carbonyl (C=O) groups is 1. The predicted octanol–water partition coefficient (Wildman–Crippen LogP) is 1.43. The highest BCUT2D eigenvalue weighted by Gasteiger charge is 2.44. The van der Waals surface area contributed by atoms with Gasteiger partial charge in [-0.05, 0) is 18.6 Å². The van der Waals surface area contributed by atoms with E-state index < -0.39 is 11.5 Å². The highest BCUT2D eigenvalue weighted by molar-refractivity contribution is 6.33. The first-order valence-electron chi connectivity index (χ1n) is 5.52. The zero-order valence-corrected chi connectivity index (χ0v) is 11.0. The molecule has 1 unspecified atom stereocenters. The number of rotatable bonds is 2. The monoisotopic (exact) mass is 270 g/mol. The number of aliphatic carboxylic acids is 1. The molecule has 1 aromatic carbocycles. The molecular formula is C12H15ClN2O3. The minimum atomic E-state index is -1.46.